The molecule has 1 aliphatic rings. The summed E-state index contributed by atoms with van der Waals surface area (Å²) in [5.41, 5.74) is 7.12. The largest absolute Gasteiger partial charge is 0.366 e. The first-order valence-corrected chi connectivity index (χ1v) is 8.22. The van der Waals surface area contributed by atoms with Gasteiger partial charge in [0.25, 0.3) is 0 Å². The lowest BCUT2D eigenvalue weighted by atomic mass is 10.1. The summed E-state index contributed by atoms with van der Waals surface area (Å²) in [5.74, 6) is 0.963. The van der Waals surface area contributed by atoms with Crippen molar-refractivity contribution in [2.45, 2.75) is 19.9 Å². The number of benzene rings is 2. The molecule has 0 fully saturated rings. The molecule has 4 rings (SSSR count). The minimum Gasteiger partial charge on any atom is -0.366 e. The number of hydrogen-bond donors (Lipinski definition) is 2. The number of H-pyrrole nitrogens is 1. The molecule has 2 N–H and O–H groups in total. The standard InChI is InChI=1S/C18H15Cl2N3/c1-10-2-3-12-7-16-17(15(12)4-10)22-23-18(16)21-9-11-5-13(19)8-14(20)6-11/h2-6,8H,7,9H2,1H3,(H2,21,22,23). The molecular formula is C18H15Cl2N3. The lowest BCUT2D eigenvalue weighted by Gasteiger charge is -2.07. The van der Waals surface area contributed by atoms with Gasteiger partial charge in [0.2, 0.25) is 0 Å². The van der Waals surface area contributed by atoms with Crippen molar-refractivity contribution in [3.63, 3.8) is 0 Å². The Kier molecular flexibility index (Phi) is 3.55. The van der Waals surface area contributed by atoms with Gasteiger partial charge in [0.1, 0.15) is 5.82 Å². The quantitative estimate of drug-likeness (QED) is 0.536. The molecule has 0 saturated heterocycles. The molecule has 0 amide bonds. The Morgan fingerprint density at radius 1 is 1.13 bits per heavy atom. The smallest absolute Gasteiger partial charge is 0.125 e. The summed E-state index contributed by atoms with van der Waals surface area (Å²) in [4.78, 5) is 0. The van der Waals surface area contributed by atoms with Gasteiger partial charge in [0, 0.05) is 34.1 Å². The zero-order chi connectivity index (χ0) is 16.0. The molecule has 0 radical (unpaired) electrons. The summed E-state index contributed by atoms with van der Waals surface area (Å²) in [5, 5.41) is 12.3. The molecule has 0 atom stereocenters. The molecule has 1 heterocycles. The van der Waals surface area contributed by atoms with E-state index in [-0.39, 0.29) is 0 Å². The molecule has 1 aromatic heterocycles. The molecule has 0 spiro atoms. The van der Waals surface area contributed by atoms with Crippen molar-refractivity contribution in [1.29, 1.82) is 0 Å². The van der Waals surface area contributed by atoms with Crippen molar-refractivity contribution < 1.29 is 0 Å². The minimum atomic E-state index is 0.643. The number of fused-ring (bicyclic) bond motifs is 3. The van der Waals surface area contributed by atoms with Crippen LogP contribution in [0.5, 0.6) is 0 Å². The van der Waals surface area contributed by atoms with Crippen molar-refractivity contribution >= 4 is 29.0 Å². The van der Waals surface area contributed by atoms with Crippen LogP contribution in [0.15, 0.2) is 36.4 Å². The number of nitrogens with zero attached hydrogens (tertiary/aromatic N) is 1. The van der Waals surface area contributed by atoms with Crippen molar-refractivity contribution in [2.75, 3.05) is 5.32 Å². The van der Waals surface area contributed by atoms with E-state index in [1.807, 2.05) is 12.1 Å². The number of aromatic amines is 1. The predicted octanol–water partition coefficient (Wildman–Crippen LogP) is 5.21. The fourth-order valence-electron chi connectivity index (χ4n) is 3.07. The zero-order valence-corrected chi connectivity index (χ0v) is 14.1. The first kappa shape index (κ1) is 14.6. The number of rotatable bonds is 3. The molecule has 0 saturated carbocycles. The van der Waals surface area contributed by atoms with Crippen LogP contribution in [-0.2, 0) is 13.0 Å². The summed E-state index contributed by atoms with van der Waals surface area (Å²) < 4.78 is 0. The number of aromatic nitrogens is 2. The highest BCUT2D eigenvalue weighted by Crippen LogP contribution is 2.39. The Labute approximate surface area is 144 Å². The number of hydrogen-bond acceptors (Lipinski definition) is 2. The van der Waals surface area contributed by atoms with Gasteiger partial charge in [-0.3, -0.25) is 5.10 Å². The van der Waals surface area contributed by atoms with Crippen LogP contribution in [0.3, 0.4) is 0 Å². The van der Waals surface area contributed by atoms with E-state index in [4.69, 9.17) is 23.2 Å². The van der Waals surface area contributed by atoms with E-state index in [0.29, 0.717) is 16.6 Å². The summed E-state index contributed by atoms with van der Waals surface area (Å²) in [7, 11) is 0. The number of nitrogens with one attached hydrogen (secondary N) is 2. The van der Waals surface area contributed by atoms with Gasteiger partial charge < -0.3 is 5.32 Å². The van der Waals surface area contributed by atoms with Crippen LogP contribution in [-0.4, -0.2) is 10.2 Å². The maximum atomic E-state index is 6.05. The van der Waals surface area contributed by atoms with Crippen molar-refractivity contribution in [2.24, 2.45) is 0 Å². The highest BCUT2D eigenvalue weighted by Gasteiger charge is 2.24. The van der Waals surface area contributed by atoms with Gasteiger partial charge in [-0.25, -0.2) is 0 Å². The van der Waals surface area contributed by atoms with E-state index in [1.54, 1.807) is 6.07 Å². The number of anilines is 1. The molecule has 23 heavy (non-hydrogen) atoms. The third-order valence-electron chi connectivity index (χ3n) is 4.15. The first-order valence-electron chi connectivity index (χ1n) is 7.46. The topological polar surface area (TPSA) is 40.7 Å². The molecule has 0 bridgehead atoms. The lowest BCUT2D eigenvalue weighted by molar-refractivity contribution is 1.04. The zero-order valence-electron chi connectivity index (χ0n) is 12.6. The van der Waals surface area contributed by atoms with Crippen LogP contribution in [0.25, 0.3) is 11.3 Å². The lowest BCUT2D eigenvalue weighted by Crippen LogP contribution is -2.02. The minimum absolute atomic E-state index is 0.643. The maximum Gasteiger partial charge on any atom is 0.125 e. The van der Waals surface area contributed by atoms with Crippen LogP contribution >= 0.6 is 23.2 Å². The average Bonchev–Trinajstić information content (AvgIpc) is 3.03. The van der Waals surface area contributed by atoms with E-state index >= 15 is 0 Å². The first-order chi connectivity index (χ1) is 11.1. The second-order valence-corrected chi connectivity index (χ2v) is 6.77. The monoisotopic (exact) mass is 343 g/mol. The van der Waals surface area contributed by atoms with Crippen LogP contribution < -0.4 is 5.32 Å². The van der Waals surface area contributed by atoms with E-state index in [1.165, 1.54) is 22.3 Å². The second-order valence-electron chi connectivity index (χ2n) is 5.89. The Morgan fingerprint density at radius 2 is 1.91 bits per heavy atom. The van der Waals surface area contributed by atoms with E-state index in [9.17, 15) is 0 Å². The SMILES string of the molecule is Cc1ccc2c(c1)-c1n[nH]c(NCc3cc(Cl)cc(Cl)c3)c1C2. The molecule has 116 valence electrons. The molecule has 3 nitrogen and oxygen atoms in total. The molecule has 0 aliphatic heterocycles. The Bertz CT molecular complexity index is 879. The fourth-order valence-corrected chi connectivity index (χ4v) is 3.64. The molecule has 3 aromatic rings. The maximum absolute atomic E-state index is 6.05. The van der Waals surface area contributed by atoms with Gasteiger partial charge in [0.05, 0.1) is 5.69 Å². The van der Waals surface area contributed by atoms with Crippen LogP contribution in [0.2, 0.25) is 10.0 Å². The van der Waals surface area contributed by atoms with E-state index in [2.05, 4.69) is 40.6 Å². The summed E-state index contributed by atoms with van der Waals surface area (Å²) in [6.45, 7) is 2.75. The Balaban J connectivity index is 1.58. The van der Waals surface area contributed by atoms with Crippen LogP contribution in [0.4, 0.5) is 5.82 Å². The molecule has 1 aliphatic carbocycles. The van der Waals surface area contributed by atoms with Gasteiger partial charge in [-0.1, -0.05) is 40.9 Å². The van der Waals surface area contributed by atoms with Crippen molar-refractivity contribution in [3.05, 3.63) is 68.7 Å². The summed E-state index contributed by atoms with van der Waals surface area (Å²) in [6, 6.07) is 12.1. The summed E-state index contributed by atoms with van der Waals surface area (Å²) in [6.07, 6.45) is 0.903. The average molecular weight is 344 g/mol. The van der Waals surface area contributed by atoms with Gasteiger partial charge in [-0.2, -0.15) is 5.10 Å². The second kappa shape index (κ2) is 5.59. The van der Waals surface area contributed by atoms with Gasteiger partial charge >= 0.3 is 0 Å². The van der Waals surface area contributed by atoms with Gasteiger partial charge in [0.15, 0.2) is 0 Å². The van der Waals surface area contributed by atoms with Crippen LogP contribution in [0, 0.1) is 6.92 Å². The van der Waals surface area contributed by atoms with Crippen molar-refractivity contribution in [1.82, 2.24) is 10.2 Å². The molecular weight excluding hydrogens is 329 g/mol. The Hall–Kier alpha value is -1.97. The number of halogens is 2. The fraction of sp³-hybridized carbons (Fsp3) is 0.167. The molecule has 2 aromatic carbocycles. The third kappa shape index (κ3) is 2.71. The third-order valence-corrected chi connectivity index (χ3v) is 4.58. The van der Waals surface area contributed by atoms with Gasteiger partial charge in [-0.05, 0) is 42.3 Å². The van der Waals surface area contributed by atoms with Gasteiger partial charge in [-0.15, -0.1) is 0 Å². The molecule has 5 heteroatoms. The van der Waals surface area contributed by atoms with E-state index in [0.717, 1.165) is 23.5 Å². The number of aryl methyl sites for hydroxylation is 1. The Morgan fingerprint density at radius 3 is 2.70 bits per heavy atom. The normalized spacial score (nSPS) is 12.1. The highest BCUT2D eigenvalue weighted by atomic mass is 35.5. The van der Waals surface area contributed by atoms with Crippen LogP contribution in [0.1, 0.15) is 22.3 Å². The summed E-state index contributed by atoms with van der Waals surface area (Å²) >= 11 is 12.1. The highest BCUT2D eigenvalue weighted by molar-refractivity contribution is 6.34. The van der Waals surface area contributed by atoms with Crippen molar-refractivity contribution in [3.8, 4) is 11.3 Å². The molecule has 0 unspecified atom stereocenters. The predicted molar refractivity (Wildman–Crippen MR) is 95.4 cm³/mol. The van der Waals surface area contributed by atoms with E-state index < -0.39 is 0 Å².